The number of nitrogens with zero attached hydrogens (tertiary/aromatic N) is 4. The van der Waals surface area contributed by atoms with E-state index in [-0.39, 0.29) is 6.54 Å². The van der Waals surface area contributed by atoms with Crippen molar-refractivity contribution < 1.29 is 9.53 Å². The van der Waals surface area contributed by atoms with Crippen molar-refractivity contribution in [3.8, 4) is 17.0 Å². The highest BCUT2D eigenvalue weighted by atomic mass is 35.5. The lowest BCUT2D eigenvalue weighted by Gasteiger charge is -2.06. The molecule has 2 aromatic carbocycles. The van der Waals surface area contributed by atoms with E-state index in [1.54, 1.807) is 44.4 Å². The summed E-state index contributed by atoms with van der Waals surface area (Å²) in [5.74, 6) is 0.803. The number of amides is 1. The Labute approximate surface area is 176 Å². The first kappa shape index (κ1) is 19.7. The van der Waals surface area contributed by atoms with Crippen LogP contribution in [0.2, 0.25) is 5.02 Å². The lowest BCUT2D eigenvalue weighted by Crippen LogP contribution is -2.29. The number of nitrogens with one attached hydrogen (secondary N) is 1. The molecule has 9 heteroatoms. The zero-order chi connectivity index (χ0) is 21.3. The summed E-state index contributed by atoms with van der Waals surface area (Å²) in [6, 6.07) is 16.0. The smallest absolute Gasteiger partial charge is 0.352 e. The van der Waals surface area contributed by atoms with Gasteiger partial charge in [0.2, 0.25) is 5.91 Å². The molecule has 0 unspecified atom stereocenters. The summed E-state index contributed by atoms with van der Waals surface area (Å²) >= 11 is 6.06. The molecule has 0 radical (unpaired) electrons. The number of aryl methyl sites for hydroxylation is 1. The molecule has 1 amide bonds. The molecule has 8 nitrogen and oxygen atoms in total. The zero-order valence-corrected chi connectivity index (χ0v) is 17.1. The van der Waals surface area contributed by atoms with E-state index < -0.39 is 11.6 Å². The van der Waals surface area contributed by atoms with Crippen LogP contribution in [0.5, 0.6) is 5.75 Å². The average molecular weight is 424 g/mol. The summed E-state index contributed by atoms with van der Waals surface area (Å²) in [6.45, 7) is 1.47. The standard InChI is InChI=1S/C21H18ClN5O3/c1-13-23-18(14-7-9-15(30-2)10-8-14)11-19-25-26(21(29)27(13)19)12-20(28)24-17-6-4-3-5-16(17)22/h3-11H,12H2,1-2H3,(H,24,28). The first-order valence-corrected chi connectivity index (χ1v) is 9.50. The number of ether oxygens (including phenoxy) is 1. The second-order valence-corrected chi connectivity index (χ2v) is 6.99. The van der Waals surface area contributed by atoms with E-state index in [1.807, 2.05) is 24.3 Å². The number of methoxy groups -OCH3 is 1. The number of rotatable bonds is 5. The maximum absolute atomic E-state index is 12.7. The molecule has 0 bridgehead atoms. The van der Waals surface area contributed by atoms with Crippen LogP contribution in [0.25, 0.3) is 16.9 Å². The molecule has 4 aromatic rings. The maximum atomic E-state index is 12.7. The molecule has 152 valence electrons. The van der Waals surface area contributed by atoms with Crippen LogP contribution in [-0.4, -0.2) is 32.2 Å². The number of hydrogen-bond acceptors (Lipinski definition) is 5. The fraction of sp³-hybridized carbons (Fsp3) is 0.143. The van der Waals surface area contributed by atoms with Gasteiger partial charge in [-0.05, 0) is 43.3 Å². The van der Waals surface area contributed by atoms with Crippen molar-refractivity contribution in [2.24, 2.45) is 0 Å². The summed E-state index contributed by atoms with van der Waals surface area (Å²) in [4.78, 5) is 29.6. The minimum absolute atomic E-state index is 0.247. The van der Waals surface area contributed by atoms with Crippen molar-refractivity contribution in [1.29, 1.82) is 0 Å². The lowest BCUT2D eigenvalue weighted by atomic mass is 10.1. The van der Waals surface area contributed by atoms with E-state index in [4.69, 9.17) is 16.3 Å². The van der Waals surface area contributed by atoms with Crippen LogP contribution in [0.15, 0.2) is 59.4 Å². The Morgan fingerprint density at radius 3 is 2.60 bits per heavy atom. The molecule has 2 heterocycles. The van der Waals surface area contributed by atoms with Gasteiger partial charge in [-0.25, -0.2) is 18.9 Å². The summed E-state index contributed by atoms with van der Waals surface area (Å²) in [5, 5.41) is 7.41. The molecule has 2 aromatic heterocycles. The Bertz CT molecular complexity index is 1290. The molecule has 30 heavy (non-hydrogen) atoms. The number of anilines is 1. The Balaban J connectivity index is 1.64. The Morgan fingerprint density at radius 2 is 1.90 bits per heavy atom. The van der Waals surface area contributed by atoms with Gasteiger partial charge in [-0.1, -0.05) is 23.7 Å². The summed E-state index contributed by atoms with van der Waals surface area (Å²) in [7, 11) is 1.60. The van der Waals surface area contributed by atoms with E-state index >= 15 is 0 Å². The molecule has 0 aliphatic heterocycles. The third-order valence-corrected chi connectivity index (χ3v) is 4.89. The number of benzene rings is 2. The Hall–Kier alpha value is -3.65. The zero-order valence-electron chi connectivity index (χ0n) is 16.3. The Kier molecular flexibility index (Phi) is 5.24. The van der Waals surface area contributed by atoms with Crippen molar-refractivity contribution in [3.63, 3.8) is 0 Å². The molecular formula is C21H18ClN5O3. The molecular weight excluding hydrogens is 406 g/mol. The lowest BCUT2D eigenvalue weighted by molar-refractivity contribution is -0.117. The molecule has 4 rings (SSSR count). The van der Waals surface area contributed by atoms with Gasteiger partial charge in [0.05, 0.1) is 23.5 Å². The molecule has 0 atom stereocenters. The number of carbonyl (C=O) groups is 1. The number of hydrogen-bond donors (Lipinski definition) is 1. The predicted octanol–water partition coefficient (Wildman–Crippen LogP) is 3.17. The van der Waals surface area contributed by atoms with E-state index in [9.17, 15) is 9.59 Å². The molecule has 0 saturated heterocycles. The van der Waals surface area contributed by atoms with Crippen LogP contribution in [0.4, 0.5) is 5.69 Å². The number of carbonyl (C=O) groups excluding carboxylic acids is 1. The summed E-state index contributed by atoms with van der Waals surface area (Å²) in [5.41, 5.74) is 1.97. The van der Waals surface area contributed by atoms with Gasteiger partial charge in [-0.3, -0.25) is 4.79 Å². The predicted molar refractivity (Wildman–Crippen MR) is 114 cm³/mol. The number of aromatic nitrogens is 4. The van der Waals surface area contributed by atoms with E-state index in [1.165, 1.54) is 4.40 Å². The van der Waals surface area contributed by atoms with Crippen LogP contribution in [0, 0.1) is 6.92 Å². The Morgan fingerprint density at radius 1 is 1.17 bits per heavy atom. The third kappa shape index (κ3) is 3.77. The molecule has 0 spiro atoms. The normalized spacial score (nSPS) is 10.9. The molecule has 0 aliphatic carbocycles. The van der Waals surface area contributed by atoms with Crippen LogP contribution in [-0.2, 0) is 11.3 Å². The molecule has 0 aliphatic rings. The minimum atomic E-state index is -0.439. The van der Waals surface area contributed by atoms with Crippen LogP contribution in [0.3, 0.4) is 0 Å². The highest BCUT2D eigenvalue weighted by molar-refractivity contribution is 6.33. The van der Waals surface area contributed by atoms with E-state index in [0.29, 0.717) is 27.9 Å². The molecule has 0 saturated carbocycles. The van der Waals surface area contributed by atoms with Gasteiger partial charge in [-0.15, -0.1) is 5.10 Å². The van der Waals surface area contributed by atoms with Gasteiger partial charge in [-0.2, -0.15) is 0 Å². The van der Waals surface area contributed by atoms with Crippen molar-refractivity contribution in [1.82, 2.24) is 19.2 Å². The van der Waals surface area contributed by atoms with Gasteiger partial charge in [0.25, 0.3) is 0 Å². The maximum Gasteiger partial charge on any atom is 0.352 e. The SMILES string of the molecule is COc1ccc(-c2cc3nn(CC(=O)Nc4ccccc4Cl)c(=O)n3c(C)n2)cc1. The van der Waals surface area contributed by atoms with Crippen LogP contribution < -0.4 is 15.7 Å². The first-order chi connectivity index (χ1) is 14.5. The third-order valence-electron chi connectivity index (χ3n) is 4.56. The number of para-hydroxylation sites is 1. The fourth-order valence-corrected chi connectivity index (χ4v) is 3.29. The highest BCUT2D eigenvalue weighted by Gasteiger charge is 2.15. The number of fused-ring (bicyclic) bond motifs is 1. The van der Waals surface area contributed by atoms with Gasteiger partial charge >= 0.3 is 5.69 Å². The van der Waals surface area contributed by atoms with E-state index in [0.717, 1.165) is 16.0 Å². The second-order valence-electron chi connectivity index (χ2n) is 6.58. The topological polar surface area (TPSA) is 90.5 Å². The number of halogens is 1. The van der Waals surface area contributed by atoms with E-state index in [2.05, 4.69) is 15.4 Å². The average Bonchev–Trinajstić information content (AvgIpc) is 3.05. The van der Waals surface area contributed by atoms with Crippen LogP contribution >= 0.6 is 11.6 Å². The highest BCUT2D eigenvalue weighted by Crippen LogP contribution is 2.22. The van der Waals surface area contributed by atoms with Gasteiger partial charge in [0.15, 0.2) is 5.65 Å². The monoisotopic (exact) mass is 423 g/mol. The van der Waals surface area contributed by atoms with Crippen molar-refractivity contribution in [2.45, 2.75) is 13.5 Å². The van der Waals surface area contributed by atoms with Gasteiger partial charge in [0, 0.05) is 11.6 Å². The quantitative estimate of drug-likeness (QED) is 0.532. The summed E-state index contributed by atoms with van der Waals surface area (Å²) < 4.78 is 7.65. The second kappa shape index (κ2) is 8.00. The molecule has 0 fully saturated rings. The fourth-order valence-electron chi connectivity index (χ4n) is 3.10. The van der Waals surface area contributed by atoms with Crippen molar-refractivity contribution >= 4 is 28.8 Å². The summed E-state index contributed by atoms with van der Waals surface area (Å²) in [6.07, 6.45) is 0. The van der Waals surface area contributed by atoms with Crippen LogP contribution in [0.1, 0.15) is 5.82 Å². The van der Waals surface area contributed by atoms with Crippen molar-refractivity contribution in [2.75, 3.05) is 12.4 Å². The van der Waals surface area contributed by atoms with Crippen molar-refractivity contribution in [3.05, 3.63) is 75.9 Å². The molecule has 1 N–H and O–H groups in total. The first-order valence-electron chi connectivity index (χ1n) is 9.12. The minimum Gasteiger partial charge on any atom is -0.497 e. The largest absolute Gasteiger partial charge is 0.497 e. The van der Waals surface area contributed by atoms with Gasteiger partial charge in [0.1, 0.15) is 18.1 Å². The van der Waals surface area contributed by atoms with Gasteiger partial charge < -0.3 is 10.1 Å².